The second-order valence-electron chi connectivity index (χ2n) is 19.5. The zero-order valence-electron chi connectivity index (χ0n) is 46.8. The zero-order valence-corrected chi connectivity index (χ0v) is 46.8. The minimum absolute atomic E-state index is 0.0250. The Balaban J connectivity index is 2.74. The number of esters is 3. The predicted octanol–water partition coefficient (Wildman–Crippen LogP) is 14.9. The lowest BCUT2D eigenvalue weighted by Crippen LogP contribution is -2.61. The summed E-state index contributed by atoms with van der Waals surface area (Å²) in [6, 6.07) is 0. The minimum atomic E-state index is -1.92. The molecule has 0 amide bonds. The van der Waals surface area contributed by atoms with Crippen molar-refractivity contribution >= 4 is 23.9 Å². The van der Waals surface area contributed by atoms with Crippen LogP contribution in [0.2, 0.25) is 0 Å². The fourth-order valence-corrected chi connectivity index (χ4v) is 8.23. The number of carbonyl (C=O) groups excluding carboxylic acids is 3. The fraction of sp³-hybridized carbons (Fsp3) is 0.683. The molecule has 0 aromatic carbocycles. The van der Waals surface area contributed by atoms with Gasteiger partial charge in [-0.15, -0.1) is 0 Å². The van der Waals surface area contributed by atoms with Crippen LogP contribution in [0.25, 0.3) is 0 Å². The molecule has 1 aliphatic rings. The molecule has 6 atom stereocenters. The Labute approximate surface area is 453 Å². The van der Waals surface area contributed by atoms with Crippen LogP contribution in [0.3, 0.4) is 0 Å². The number of hydrogen-bond donors (Lipinski definition) is 3. The molecule has 3 N–H and O–H groups in total. The van der Waals surface area contributed by atoms with Gasteiger partial charge in [-0.25, -0.2) is 4.79 Å². The van der Waals surface area contributed by atoms with Crippen molar-refractivity contribution in [1.29, 1.82) is 0 Å². The molecule has 0 aliphatic carbocycles. The van der Waals surface area contributed by atoms with Gasteiger partial charge in [0.05, 0.1) is 6.61 Å². The van der Waals surface area contributed by atoms with E-state index in [4.69, 9.17) is 23.7 Å². The monoisotopic (exact) mass is 1050 g/mol. The molecule has 0 aromatic heterocycles. The highest BCUT2D eigenvalue weighted by molar-refractivity contribution is 5.74. The van der Waals surface area contributed by atoms with E-state index in [2.05, 4.69) is 118 Å². The number of unbranched alkanes of at least 4 members (excludes halogenated alkanes) is 18. The zero-order chi connectivity index (χ0) is 54.7. The van der Waals surface area contributed by atoms with Crippen LogP contribution in [-0.4, -0.2) is 89.2 Å². The lowest BCUT2D eigenvalue weighted by atomic mass is 9.98. The summed E-state index contributed by atoms with van der Waals surface area (Å²) in [5.41, 5.74) is 0. The topological polar surface area (TPSA) is 175 Å². The van der Waals surface area contributed by atoms with Gasteiger partial charge < -0.3 is 39.0 Å². The van der Waals surface area contributed by atoms with E-state index in [1.165, 1.54) is 57.8 Å². The van der Waals surface area contributed by atoms with Gasteiger partial charge in [0.25, 0.3) is 0 Å². The summed E-state index contributed by atoms with van der Waals surface area (Å²) in [6.45, 7) is 5.71. The molecule has 12 heteroatoms. The standard InChI is InChI=1S/C63H102O12/c1-4-7-10-13-16-19-22-25-27-28-30-33-36-39-42-45-48-51-57(66)74-61-59(68)58(67)60(62(69)70)75-63(61)72-53-54(73-56(65)50-47-44-41-38-35-31-24-21-18-15-12-9-6-3)52-71-55(64)49-46-43-40-37-34-32-29-26-23-20-17-14-11-8-5-2/h7-8,10-11,16-17,19-20,25-27,29-30,33-34,37,54,58-61,63,67-68H,4-6,9,12-15,18,21-24,28,31-32,35-36,38-53H2,1-3H3,(H,69,70)/b10-7-,11-8-,19-16-,20-17-,27-25-,29-26-,33-30-,37-34-. The third-order valence-electron chi connectivity index (χ3n) is 12.7. The molecule has 1 aliphatic heterocycles. The number of ether oxygens (including phenoxy) is 5. The van der Waals surface area contributed by atoms with Crippen LogP contribution in [0.4, 0.5) is 0 Å². The first-order chi connectivity index (χ1) is 36.6. The maximum atomic E-state index is 13.1. The summed E-state index contributed by atoms with van der Waals surface area (Å²) in [5, 5.41) is 31.5. The number of rotatable bonds is 48. The van der Waals surface area contributed by atoms with E-state index in [0.717, 1.165) is 109 Å². The van der Waals surface area contributed by atoms with E-state index in [0.29, 0.717) is 19.3 Å². The molecular formula is C63H102O12. The highest BCUT2D eigenvalue weighted by Crippen LogP contribution is 2.26. The second kappa shape index (κ2) is 50.5. The molecule has 6 unspecified atom stereocenters. The van der Waals surface area contributed by atoms with Gasteiger partial charge in [0.1, 0.15) is 18.8 Å². The molecular weight excluding hydrogens is 949 g/mol. The Bertz CT molecular complexity index is 1670. The Hall–Kier alpha value is -4.36. The van der Waals surface area contributed by atoms with Crippen molar-refractivity contribution in [2.45, 2.75) is 263 Å². The average molecular weight is 1050 g/mol. The third kappa shape index (κ3) is 40.6. The van der Waals surface area contributed by atoms with Gasteiger partial charge in [-0.1, -0.05) is 208 Å². The molecule has 0 aromatic rings. The molecule has 426 valence electrons. The Morgan fingerprint density at radius 3 is 1.31 bits per heavy atom. The lowest BCUT2D eigenvalue weighted by molar-refractivity contribution is -0.301. The van der Waals surface area contributed by atoms with Crippen molar-refractivity contribution in [3.63, 3.8) is 0 Å². The first-order valence-corrected chi connectivity index (χ1v) is 29.2. The Morgan fingerprint density at radius 2 is 0.840 bits per heavy atom. The van der Waals surface area contributed by atoms with Gasteiger partial charge in [0.2, 0.25) is 0 Å². The van der Waals surface area contributed by atoms with Crippen molar-refractivity contribution in [2.75, 3.05) is 13.2 Å². The molecule has 12 nitrogen and oxygen atoms in total. The molecule has 1 rings (SSSR count). The van der Waals surface area contributed by atoms with Crippen LogP contribution in [-0.2, 0) is 42.9 Å². The highest BCUT2D eigenvalue weighted by atomic mass is 16.7. The Morgan fingerprint density at radius 1 is 0.453 bits per heavy atom. The lowest BCUT2D eigenvalue weighted by Gasteiger charge is -2.40. The quantitative estimate of drug-likeness (QED) is 0.0228. The largest absolute Gasteiger partial charge is 0.479 e. The van der Waals surface area contributed by atoms with E-state index in [1.807, 2.05) is 0 Å². The van der Waals surface area contributed by atoms with Gasteiger partial charge in [0.15, 0.2) is 24.6 Å². The third-order valence-corrected chi connectivity index (χ3v) is 12.7. The van der Waals surface area contributed by atoms with E-state index in [1.54, 1.807) is 0 Å². The van der Waals surface area contributed by atoms with Crippen LogP contribution in [0.5, 0.6) is 0 Å². The smallest absolute Gasteiger partial charge is 0.335 e. The Kier molecular flexibility index (Phi) is 46.2. The van der Waals surface area contributed by atoms with E-state index in [9.17, 15) is 34.5 Å². The van der Waals surface area contributed by atoms with Crippen LogP contribution in [0.1, 0.15) is 226 Å². The van der Waals surface area contributed by atoms with Crippen LogP contribution >= 0.6 is 0 Å². The molecule has 1 saturated heterocycles. The summed E-state index contributed by atoms with van der Waals surface area (Å²) in [4.78, 5) is 51.1. The molecule has 0 bridgehead atoms. The number of aliphatic hydroxyl groups excluding tert-OH is 2. The summed E-state index contributed by atoms with van der Waals surface area (Å²) in [6.07, 6.45) is 53.8. The van der Waals surface area contributed by atoms with E-state index >= 15 is 0 Å². The van der Waals surface area contributed by atoms with Gasteiger partial charge >= 0.3 is 23.9 Å². The number of carboxylic acids is 1. The molecule has 75 heavy (non-hydrogen) atoms. The van der Waals surface area contributed by atoms with E-state index in [-0.39, 0.29) is 25.9 Å². The minimum Gasteiger partial charge on any atom is -0.479 e. The number of carboxylic acid groups (broad SMARTS) is 1. The van der Waals surface area contributed by atoms with Gasteiger partial charge in [0, 0.05) is 19.3 Å². The van der Waals surface area contributed by atoms with Crippen molar-refractivity contribution in [3.8, 4) is 0 Å². The van der Waals surface area contributed by atoms with Crippen molar-refractivity contribution < 1.29 is 58.2 Å². The maximum Gasteiger partial charge on any atom is 0.335 e. The number of allylic oxidation sites excluding steroid dienone is 16. The van der Waals surface area contributed by atoms with Crippen molar-refractivity contribution in [2.24, 2.45) is 0 Å². The molecule has 1 fully saturated rings. The average Bonchev–Trinajstić information content (AvgIpc) is 3.39. The normalized spacial score (nSPS) is 18.9. The first-order valence-electron chi connectivity index (χ1n) is 29.2. The fourth-order valence-electron chi connectivity index (χ4n) is 8.23. The highest BCUT2D eigenvalue weighted by Gasteiger charge is 2.50. The maximum absolute atomic E-state index is 13.1. The van der Waals surface area contributed by atoms with Gasteiger partial charge in [-0.05, 0) is 96.3 Å². The number of aliphatic carboxylic acids is 1. The first kappa shape index (κ1) is 68.7. The SMILES string of the molecule is CC/C=C\C/C=C\C/C=C\C/C=C\CCCCCCC(=O)OC1C(OCC(COC(=O)CCCC/C=C\C/C=C\C/C=C\C/C=C\CC)OC(=O)CCCCCCCCCCCCCCC)OC(C(=O)O)C(O)C1O. The van der Waals surface area contributed by atoms with Gasteiger partial charge in [-0.3, -0.25) is 14.4 Å². The van der Waals surface area contributed by atoms with Crippen molar-refractivity contribution in [3.05, 3.63) is 97.2 Å². The molecule has 0 spiro atoms. The second-order valence-corrected chi connectivity index (χ2v) is 19.5. The van der Waals surface area contributed by atoms with Crippen LogP contribution in [0.15, 0.2) is 97.2 Å². The van der Waals surface area contributed by atoms with Gasteiger partial charge in [-0.2, -0.15) is 0 Å². The summed E-state index contributed by atoms with van der Waals surface area (Å²) < 4.78 is 28.4. The van der Waals surface area contributed by atoms with Crippen LogP contribution < -0.4 is 0 Å². The summed E-state index contributed by atoms with van der Waals surface area (Å²) >= 11 is 0. The number of aliphatic hydroxyl groups is 2. The number of hydrogen-bond acceptors (Lipinski definition) is 11. The van der Waals surface area contributed by atoms with Crippen LogP contribution in [0, 0.1) is 0 Å². The predicted molar refractivity (Wildman–Crippen MR) is 303 cm³/mol. The number of carbonyl (C=O) groups is 4. The summed E-state index contributed by atoms with van der Waals surface area (Å²) in [7, 11) is 0. The molecule has 1 heterocycles. The molecule has 0 radical (unpaired) electrons. The van der Waals surface area contributed by atoms with Crippen molar-refractivity contribution in [1.82, 2.24) is 0 Å². The summed E-state index contributed by atoms with van der Waals surface area (Å²) in [5.74, 6) is -3.21. The molecule has 0 saturated carbocycles. The van der Waals surface area contributed by atoms with E-state index < -0.39 is 67.3 Å².